The molecule has 180 valence electrons. The number of halogens is 6. The predicted molar refractivity (Wildman–Crippen MR) is 109 cm³/mol. The minimum Gasteiger partial charge on any atom is -0.313 e. The Labute approximate surface area is 187 Å². The van der Waals surface area contributed by atoms with Crippen molar-refractivity contribution < 1.29 is 34.8 Å². The van der Waals surface area contributed by atoms with Crippen molar-refractivity contribution in [1.29, 1.82) is 0 Å². The average molecular weight is 492 g/mol. The summed E-state index contributed by atoms with van der Waals surface area (Å²) >= 11 is 0. The fourth-order valence-corrected chi connectivity index (χ4v) is 6.30. The molecule has 4 nitrogen and oxygen atoms in total. The standard InChI is InChI=1S/C22H22F6N2O2S/c23-21(24,25)14-4-1-3-13(9-14)10-20-17-7-8-19(18(17)12-29-20)30-33(31,32)16-6-2-5-15(11-16)22(26,27)28/h1-6,9,11,17-20,29-30H,7-8,10,12H2/t17-,18-,19+,20?/m0/s1. The first-order valence-electron chi connectivity index (χ1n) is 10.4. The summed E-state index contributed by atoms with van der Waals surface area (Å²) in [5.41, 5.74) is -1.22. The molecule has 33 heavy (non-hydrogen) atoms. The molecule has 0 amide bonds. The zero-order valence-electron chi connectivity index (χ0n) is 17.2. The van der Waals surface area contributed by atoms with E-state index in [1.807, 2.05) is 0 Å². The highest BCUT2D eigenvalue weighted by molar-refractivity contribution is 7.89. The quantitative estimate of drug-likeness (QED) is 0.600. The lowest BCUT2D eigenvalue weighted by Gasteiger charge is -2.21. The van der Waals surface area contributed by atoms with E-state index in [2.05, 4.69) is 10.0 Å². The Morgan fingerprint density at radius 2 is 1.52 bits per heavy atom. The fourth-order valence-electron chi connectivity index (χ4n) is 4.94. The van der Waals surface area contributed by atoms with Crippen LogP contribution in [-0.2, 0) is 28.8 Å². The van der Waals surface area contributed by atoms with Crippen LogP contribution in [0.1, 0.15) is 29.5 Å². The number of nitrogens with one attached hydrogen (secondary N) is 2. The van der Waals surface area contributed by atoms with Crippen LogP contribution in [0.2, 0.25) is 0 Å². The second-order valence-electron chi connectivity index (χ2n) is 8.58. The van der Waals surface area contributed by atoms with Crippen LogP contribution in [0.15, 0.2) is 53.4 Å². The van der Waals surface area contributed by atoms with E-state index >= 15 is 0 Å². The van der Waals surface area contributed by atoms with Gasteiger partial charge in [0.25, 0.3) is 0 Å². The van der Waals surface area contributed by atoms with Gasteiger partial charge in [-0.05, 0) is 60.9 Å². The lowest BCUT2D eigenvalue weighted by molar-refractivity contribution is -0.138. The van der Waals surface area contributed by atoms with Gasteiger partial charge in [-0.1, -0.05) is 24.3 Å². The Hall–Kier alpha value is -2.11. The molecule has 0 bridgehead atoms. The predicted octanol–water partition coefficient (Wildman–Crippen LogP) is 4.61. The molecule has 2 N–H and O–H groups in total. The maximum absolute atomic E-state index is 13.0. The van der Waals surface area contributed by atoms with Gasteiger partial charge in [0, 0.05) is 18.6 Å². The number of benzene rings is 2. The van der Waals surface area contributed by atoms with Crippen molar-refractivity contribution in [2.45, 2.75) is 48.6 Å². The smallest absolute Gasteiger partial charge is 0.313 e. The topological polar surface area (TPSA) is 58.2 Å². The van der Waals surface area contributed by atoms with Gasteiger partial charge in [0.2, 0.25) is 10.0 Å². The molecule has 1 saturated carbocycles. The summed E-state index contributed by atoms with van der Waals surface area (Å²) in [4.78, 5) is -0.452. The average Bonchev–Trinajstić information content (AvgIpc) is 3.30. The van der Waals surface area contributed by atoms with Gasteiger partial charge >= 0.3 is 12.4 Å². The van der Waals surface area contributed by atoms with Crippen molar-refractivity contribution in [3.05, 3.63) is 65.2 Å². The normalized spacial score (nSPS) is 25.9. The van der Waals surface area contributed by atoms with Crippen LogP contribution >= 0.6 is 0 Å². The van der Waals surface area contributed by atoms with Crippen molar-refractivity contribution in [2.24, 2.45) is 11.8 Å². The van der Waals surface area contributed by atoms with E-state index in [4.69, 9.17) is 0 Å². The second kappa shape index (κ2) is 8.59. The second-order valence-corrected chi connectivity index (χ2v) is 10.3. The van der Waals surface area contributed by atoms with Crippen LogP contribution in [0.4, 0.5) is 26.3 Å². The van der Waals surface area contributed by atoms with E-state index in [0.717, 1.165) is 30.3 Å². The molecule has 0 aromatic heterocycles. The molecule has 2 aliphatic rings. The number of fused-ring (bicyclic) bond motifs is 1. The third-order valence-electron chi connectivity index (χ3n) is 6.50. The summed E-state index contributed by atoms with van der Waals surface area (Å²) in [6.45, 7) is 0.476. The van der Waals surface area contributed by atoms with Crippen LogP contribution in [0.5, 0.6) is 0 Å². The zero-order valence-corrected chi connectivity index (χ0v) is 18.1. The van der Waals surface area contributed by atoms with E-state index in [9.17, 15) is 34.8 Å². The van der Waals surface area contributed by atoms with Crippen molar-refractivity contribution in [1.82, 2.24) is 10.0 Å². The highest BCUT2D eigenvalue weighted by Crippen LogP contribution is 2.40. The first-order chi connectivity index (χ1) is 15.3. The molecule has 2 fully saturated rings. The maximum Gasteiger partial charge on any atom is 0.416 e. The third-order valence-corrected chi connectivity index (χ3v) is 7.99. The van der Waals surface area contributed by atoms with E-state index in [-0.39, 0.29) is 17.9 Å². The van der Waals surface area contributed by atoms with Gasteiger partial charge in [-0.25, -0.2) is 13.1 Å². The van der Waals surface area contributed by atoms with Gasteiger partial charge in [0.05, 0.1) is 16.0 Å². The highest BCUT2D eigenvalue weighted by Gasteiger charge is 2.46. The molecule has 0 radical (unpaired) electrons. The molecule has 2 aromatic rings. The van der Waals surface area contributed by atoms with Gasteiger partial charge in [0.1, 0.15) is 0 Å². The Kier molecular flexibility index (Phi) is 6.25. The number of sulfonamides is 1. The first kappa shape index (κ1) is 24.0. The van der Waals surface area contributed by atoms with E-state index in [1.165, 1.54) is 6.07 Å². The zero-order chi connectivity index (χ0) is 24.0. The van der Waals surface area contributed by atoms with Gasteiger partial charge in [-0.3, -0.25) is 0 Å². The molecule has 2 aromatic carbocycles. The Morgan fingerprint density at radius 1 is 0.879 bits per heavy atom. The molecule has 4 atom stereocenters. The van der Waals surface area contributed by atoms with Gasteiger partial charge < -0.3 is 5.32 Å². The molecule has 1 aliphatic carbocycles. The summed E-state index contributed by atoms with van der Waals surface area (Å²) < 4.78 is 106. The molecule has 1 saturated heterocycles. The Bertz CT molecular complexity index is 1120. The van der Waals surface area contributed by atoms with Crippen molar-refractivity contribution in [2.75, 3.05) is 6.54 Å². The van der Waals surface area contributed by atoms with Crippen molar-refractivity contribution >= 4 is 10.0 Å². The minimum absolute atomic E-state index is 0.0498. The lowest BCUT2D eigenvalue weighted by atomic mass is 9.89. The van der Waals surface area contributed by atoms with Crippen molar-refractivity contribution in [3.8, 4) is 0 Å². The molecule has 1 heterocycles. The SMILES string of the molecule is O=S(=O)(N[C@@H]1CC[C@@H]2C(Cc3cccc(C(F)(F)F)c3)NC[C@@H]21)c1cccc(C(F)(F)F)c1. The number of rotatable bonds is 5. The number of hydrogen-bond acceptors (Lipinski definition) is 3. The summed E-state index contributed by atoms with van der Waals surface area (Å²) in [5.74, 6) is -0.0462. The Morgan fingerprint density at radius 3 is 2.18 bits per heavy atom. The largest absolute Gasteiger partial charge is 0.416 e. The summed E-state index contributed by atoms with van der Waals surface area (Å²) in [7, 11) is -4.17. The fraction of sp³-hybridized carbons (Fsp3) is 0.455. The molecule has 0 spiro atoms. The Balaban J connectivity index is 1.45. The molecule has 1 unspecified atom stereocenters. The molecular formula is C22H22F6N2O2S. The summed E-state index contributed by atoms with van der Waals surface area (Å²) in [6.07, 6.45) is -7.54. The van der Waals surface area contributed by atoms with Crippen LogP contribution in [0.25, 0.3) is 0 Å². The summed E-state index contributed by atoms with van der Waals surface area (Å²) in [6, 6.07) is 8.15. The van der Waals surface area contributed by atoms with Gasteiger partial charge in [-0.15, -0.1) is 0 Å². The van der Waals surface area contributed by atoms with E-state index in [0.29, 0.717) is 37.4 Å². The molecule has 1 aliphatic heterocycles. The van der Waals surface area contributed by atoms with Crippen LogP contribution in [0, 0.1) is 11.8 Å². The molecule has 11 heteroatoms. The van der Waals surface area contributed by atoms with E-state index in [1.54, 1.807) is 6.07 Å². The third kappa shape index (κ3) is 5.20. The minimum atomic E-state index is -4.66. The van der Waals surface area contributed by atoms with Crippen LogP contribution in [-0.4, -0.2) is 27.0 Å². The van der Waals surface area contributed by atoms with Gasteiger partial charge in [0.15, 0.2) is 0 Å². The van der Waals surface area contributed by atoms with Gasteiger partial charge in [-0.2, -0.15) is 26.3 Å². The van der Waals surface area contributed by atoms with Crippen molar-refractivity contribution in [3.63, 3.8) is 0 Å². The number of hydrogen-bond donors (Lipinski definition) is 2. The highest BCUT2D eigenvalue weighted by atomic mass is 32.2. The van der Waals surface area contributed by atoms with Crippen LogP contribution < -0.4 is 10.0 Å². The maximum atomic E-state index is 13.0. The first-order valence-corrected chi connectivity index (χ1v) is 11.9. The van der Waals surface area contributed by atoms with E-state index < -0.39 is 44.4 Å². The molecular weight excluding hydrogens is 470 g/mol. The number of alkyl halides is 6. The monoisotopic (exact) mass is 492 g/mol. The lowest BCUT2D eigenvalue weighted by Crippen LogP contribution is -2.39. The molecule has 4 rings (SSSR count). The van der Waals surface area contributed by atoms with Crippen LogP contribution in [0.3, 0.4) is 0 Å². The summed E-state index contributed by atoms with van der Waals surface area (Å²) in [5, 5.41) is 3.29.